The van der Waals surface area contributed by atoms with Gasteiger partial charge in [-0.05, 0) is 30.7 Å². The third-order valence-electron chi connectivity index (χ3n) is 3.71. The molecule has 0 aliphatic carbocycles. The number of carbonyl (C=O) groups excluding carboxylic acids is 1. The summed E-state index contributed by atoms with van der Waals surface area (Å²) in [5, 5.41) is 18.2. The molecule has 0 unspecified atom stereocenters. The van der Waals surface area contributed by atoms with Crippen molar-refractivity contribution in [2.75, 3.05) is 5.32 Å². The Morgan fingerprint density at radius 3 is 3.00 bits per heavy atom. The number of H-pyrrole nitrogens is 2. The minimum atomic E-state index is -0.241. The Bertz CT molecular complexity index is 1070. The van der Waals surface area contributed by atoms with Gasteiger partial charge in [-0.2, -0.15) is 10.2 Å². The van der Waals surface area contributed by atoms with Crippen LogP contribution >= 0.6 is 11.8 Å². The summed E-state index contributed by atoms with van der Waals surface area (Å²) >= 11 is 1.59. The highest BCUT2D eigenvalue weighted by molar-refractivity contribution is 7.98. The third-order valence-corrected chi connectivity index (χ3v) is 4.79. The highest BCUT2D eigenvalue weighted by Crippen LogP contribution is 2.27. The number of aryl methyl sites for hydroxylation is 1. The Labute approximate surface area is 152 Å². The maximum atomic E-state index is 12.2. The summed E-state index contributed by atoms with van der Waals surface area (Å²) in [6, 6.07) is 9.42. The van der Waals surface area contributed by atoms with Gasteiger partial charge in [-0.25, -0.2) is 9.97 Å². The number of nitrogens with one attached hydrogen (secondary N) is 3. The van der Waals surface area contributed by atoms with Crippen molar-refractivity contribution in [3.8, 4) is 0 Å². The standard InChI is InChI=1S/C17H15N7OS/c1-10-5-14(23-22-10)16(25)21-12-4-2-3-11(6-12)8-26-17-13-7-20-24-15(13)18-9-19-17/h2-7,9H,8H2,1H3,(H,21,25)(H,22,23)(H,18,19,20,24). The highest BCUT2D eigenvalue weighted by atomic mass is 32.2. The molecule has 3 aromatic heterocycles. The second kappa shape index (κ2) is 6.96. The number of aromatic amines is 2. The van der Waals surface area contributed by atoms with E-state index in [-0.39, 0.29) is 5.91 Å². The van der Waals surface area contributed by atoms with Gasteiger partial charge in [-0.1, -0.05) is 12.1 Å². The van der Waals surface area contributed by atoms with Gasteiger partial charge in [0, 0.05) is 17.1 Å². The van der Waals surface area contributed by atoms with Crippen LogP contribution in [0.1, 0.15) is 21.7 Å². The first kappa shape index (κ1) is 16.3. The number of carbonyl (C=O) groups is 1. The normalized spacial score (nSPS) is 11.0. The van der Waals surface area contributed by atoms with Crippen molar-refractivity contribution in [2.24, 2.45) is 0 Å². The summed E-state index contributed by atoms with van der Waals surface area (Å²) in [6.45, 7) is 1.85. The van der Waals surface area contributed by atoms with Gasteiger partial charge < -0.3 is 5.32 Å². The summed E-state index contributed by atoms with van der Waals surface area (Å²) in [4.78, 5) is 20.7. The first-order valence-electron chi connectivity index (χ1n) is 7.88. The Balaban J connectivity index is 1.46. The van der Waals surface area contributed by atoms with Crippen molar-refractivity contribution in [2.45, 2.75) is 17.7 Å². The zero-order valence-corrected chi connectivity index (χ0v) is 14.7. The predicted octanol–water partition coefficient (Wildman–Crippen LogP) is 2.93. The summed E-state index contributed by atoms with van der Waals surface area (Å²) in [5.74, 6) is 0.470. The van der Waals surface area contributed by atoms with Gasteiger partial charge in [0.1, 0.15) is 11.4 Å². The lowest BCUT2D eigenvalue weighted by atomic mass is 10.2. The van der Waals surface area contributed by atoms with Crippen LogP contribution in [0.4, 0.5) is 5.69 Å². The van der Waals surface area contributed by atoms with E-state index in [0.717, 1.165) is 33.0 Å². The molecule has 4 aromatic rings. The Morgan fingerprint density at radius 2 is 2.15 bits per heavy atom. The van der Waals surface area contributed by atoms with Crippen molar-refractivity contribution >= 4 is 34.4 Å². The number of hydrogen-bond acceptors (Lipinski definition) is 6. The average Bonchev–Trinajstić information content (AvgIpc) is 3.29. The number of fused-ring (bicyclic) bond motifs is 1. The number of benzene rings is 1. The SMILES string of the molecule is Cc1cc(C(=O)Nc2cccc(CSc3ncnc4[nH]ncc34)c2)n[nH]1. The molecule has 0 radical (unpaired) electrons. The molecule has 3 N–H and O–H groups in total. The number of anilines is 1. The molecule has 0 saturated carbocycles. The van der Waals surface area contributed by atoms with Crippen LogP contribution in [-0.2, 0) is 5.75 Å². The quantitative estimate of drug-likeness (QED) is 0.370. The minimum absolute atomic E-state index is 0.241. The van der Waals surface area contributed by atoms with Crippen LogP contribution in [-0.4, -0.2) is 36.3 Å². The van der Waals surface area contributed by atoms with Crippen LogP contribution in [0.5, 0.6) is 0 Å². The van der Waals surface area contributed by atoms with Crippen LogP contribution in [0, 0.1) is 6.92 Å². The average molecular weight is 365 g/mol. The Hall–Kier alpha value is -3.20. The molecule has 0 atom stereocenters. The molecule has 3 heterocycles. The second-order valence-corrected chi connectivity index (χ2v) is 6.65. The molecule has 8 nitrogen and oxygen atoms in total. The lowest BCUT2D eigenvalue weighted by Crippen LogP contribution is -2.12. The van der Waals surface area contributed by atoms with E-state index < -0.39 is 0 Å². The topological polar surface area (TPSA) is 112 Å². The smallest absolute Gasteiger partial charge is 0.276 e. The molecule has 130 valence electrons. The van der Waals surface area contributed by atoms with E-state index >= 15 is 0 Å². The number of hydrogen-bond donors (Lipinski definition) is 3. The summed E-state index contributed by atoms with van der Waals surface area (Å²) < 4.78 is 0. The number of amides is 1. The molecule has 0 spiro atoms. The monoisotopic (exact) mass is 365 g/mol. The van der Waals surface area contributed by atoms with Crippen LogP contribution in [0.3, 0.4) is 0 Å². The van der Waals surface area contributed by atoms with Gasteiger partial charge in [-0.3, -0.25) is 15.0 Å². The van der Waals surface area contributed by atoms with Gasteiger partial charge in [0.15, 0.2) is 11.3 Å². The van der Waals surface area contributed by atoms with E-state index in [1.807, 2.05) is 31.2 Å². The molecule has 9 heteroatoms. The molecule has 0 aliphatic rings. The van der Waals surface area contributed by atoms with Gasteiger partial charge in [0.05, 0.1) is 11.6 Å². The van der Waals surface area contributed by atoms with Crippen molar-refractivity contribution in [1.82, 2.24) is 30.4 Å². The molecular weight excluding hydrogens is 350 g/mol. The molecule has 0 saturated heterocycles. The number of rotatable bonds is 5. The highest BCUT2D eigenvalue weighted by Gasteiger charge is 2.10. The van der Waals surface area contributed by atoms with Crippen LogP contribution in [0.25, 0.3) is 11.0 Å². The van der Waals surface area contributed by atoms with Gasteiger partial charge >= 0.3 is 0 Å². The van der Waals surface area contributed by atoms with Gasteiger partial charge in [0.25, 0.3) is 5.91 Å². The summed E-state index contributed by atoms with van der Waals surface area (Å²) in [5.41, 5.74) is 3.73. The van der Waals surface area contributed by atoms with Crippen molar-refractivity contribution in [1.29, 1.82) is 0 Å². The first-order valence-corrected chi connectivity index (χ1v) is 8.87. The zero-order chi connectivity index (χ0) is 17.9. The van der Waals surface area contributed by atoms with Crippen LogP contribution < -0.4 is 5.32 Å². The van der Waals surface area contributed by atoms with E-state index in [1.165, 1.54) is 6.33 Å². The van der Waals surface area contributed by atoms with E-state index in [9.17, 15) is 4.79 Å². The number of thioether (sulfide) groups is 1. The van der Waals surface area contributed by atoms with Gasteiger partial charge in [-0.15, -0.1) is 11.8 Å². The van der Waals surface area contributed by atoms with Gasteiger partial charge in [0.2, 0.25) is 0 Å². The van der Waals surface area contributed by atoms with E-state index in [4.69, 9.17) is 0 Å². The lowest BCUT2D eigenvalue weighted by Gasteiger charge is -2.06. The maximum Gasteiger partial charge on any atom is 0.276 e. The summed E-state index contributed by atoms with van der Waals surface area (Å²) in [7, 11) is 0. The van der Waals surface area contributed by atoms with Crippen molar-refractivity contribution in [3.05, 3.63) is 59.8 Å². The molecule has 0 bridgehead atoms. The molecule has 1 aromatic carbocycles. The Morgan fingerprint density at radius 1 is 1.23 bits per heavy atom. The van der Waals surface area contributed by atoms with E-state index in [0.29, 0.717) is 11.4 Å². The zero-order valence-electron chi connectivity index (χ0n) is 13.9. The fraction of sp³-hybridized carbons (Fsp3) is 0.118. The molecule has 1 amide bonds. The Kier molecular flexibility index (Phi) is 4.36. The van der Waals surface area contributed by atoms with Crippen LogP contribution in [0.2, 0.25) is 0 Å². The predicted molar refractivity (Wildman–Crippen MR) is 99.0 cm³/mol. The first-order chi connectivity index (χ1) is 12.7. The second-order valence-electron chi connectivity index (χ2n) is 5.69. The number of aromatic nitrogens is 6. The lowest BCUT2D eigenvalue weighted by molar-refractivity contribution is 0.102. The maximum absolute atomic E-state index is 12.2. The van der Waals surface area contributed by atoms with E-state index in [2.05, 4.69) is 35.7 Å². The molecule has 0 fully saturated rings. The van der Waals surface area contributed by atoms with Crippen molar-refractivity contribution < 1.29 is 4.79 Å². The fourth-order valence-electron chi connectivity index (χ4n) is 2.48. The largest absolute Gasteiger partial charge is 0.321 e. The third kappa shape index (κ3) is 3.42. The molecule has 0 aliphatic heterocycles. The molecule has 4 rings (SSSR count). The fourth-order valence-corrected chi connectivity index (χ4v) is 3.39. The molecule has 26 heavy (non-hydrogen) atoms. The molecular formula is C17H15N7OS. The summed E-state index contributed by atoms with van der Waals surface area (Å²) in [6.07, 6.45) is 3.24. The van der Waals surface area contributed by atoms with Crippen LogP contribution in [0.15, 0.2) is 47.9 Å². The minimum Gasteiger partial charge on any atom is -0.321 e. The van der Waals surface area contributed by atoms with Crippen molar-refractivity contribution in [3.63, 3.8) is 0 Å². The van der Waals surface area contributed by atoms with E-state index in [1.54, 1.807) is 24.0 Å². The number of nitrogens with zero attached hydrogens (tertiary/aromatic N) is 4.